The average molecular weight is 350 g/mol. The van der Waals surface area contributed by atoms with Crippen LogP contribution in [0.3, 0.4) is 0 Å². The molecule has 2 saturated carbocycles. The van der Waals surface area contributed by atoms with Gasteiger partial charge in [0.15, 0.2) is 0 Å². The molecule has 1 unspecified atom stereocenters. The van der Waals surface area contributed by atoms with Gasteiger partial charge in [-0.2, -0.15) is 0 Å². The summed E-state index contributed by atoms with van der Waals surface area (Å²) < 4.78 is 26.5. The molecule has 0 heterocycles. The highest BCUT2D eigenvalue weighted by Gasteiger charge is 2.68. The lowest BCUT2D eigenvalue weighted by Crippen LogP contribution is -2.64. The van der Waals surface area contributed by atoms with Gasteiger partial charge in [0.1, 0.15) is 0 Å². The summed E-state index contributed by atoms with van der Waals surface area (Å²) in [6, 6.07) is 7.95. The number of nitrogens with one attached hydrogen (secondary N) is 1. The summed E-state index contributed by atoms with van der Waals surface area (Å²) >= 11 is 0. The van der Waals surface area contributed by atoms with Crippen molar-refractivity contribution in [2.24, 2.45) is 16.6 Å². The predicted molar refractivity (Wildman–Crippen MR) is 94.4 cm³/mol. The van der Waals surface area contributed by atoms with E-state index in [2.05, 4.69) is 25.2 Å². The van der Waals surface area contributed by atoms with Crippen LogP contribution in [-0.4, -0.2) is 18.4 Å². The minimum absolute atomic E-state index is 0.0955. The highest BCUT2D eigenvalue weighted by molar-refractivity contribution is 5.84. The molecular formula is C20H28F2N2O. The van der Waals surface area contributed by atoms with E-state index in [9.17, 15) is 13.6 Å². The number of rotatable bonds is 5. The number of alkyl halides is 2. The highest BCUT2D eigenvalue weighted by atomic mass is 19.3. The second-order valence-electron chi connectivity index (χ2n) is 8.53. The molecule has 1 aromatic carbocycles. The Bertz CT molecular complexity index is 655. The highest BCUT2D eigenvalue weighted by Crippen LogP contribution is 2.68. The summed E-state index contributed by atoms with van der Waals surface area (Å²) in [5.41, 5.74) is 7.14. The van der Waals surface area contributed by atoms with Crippen LogP contribution in [0.5, 0.6) is 0 Å². The van der Waals surface area contributed by atoms with Crippen LogP contribution in [0.25, 0.3) is 0 Å². The van der Waals surface area contributed by atoms with E-state index in [1.807, 2.05) is 25.1 Å². The second kappa shape index (κ2) is 6.04. The molecule has 3 nitrogen and oxygen atoms in total. The largest absolute Gasteiger partial charge is 0.349 e. The van der Waals surface area contributed by atoms with Crippen LogP contribution in [0.2, 0.25) is 0 Å². The normalized spacial score (nSPS) is 23.6. The third kappa shape index (κ3) is 3.19. The molecule has 0 radical (unpaired) electrons. The summed E-state index contributed by atoms with van der Waals surface area (Å²) in [6.45, 7) is 6.43. The summed E-state index contributed by atoms with van der Waals surface area (Å²) in [5, 5.41) is 3.09. The van der Waals surface area contributed by atoms with Crippen molar-refractivity contribution in [3.63, 3.8) is 0 Å². The summed E-state index contributed by atoms with van der Waals surface area (Å²) in [6.07, 6.45) is 0.772. The molecule has 0 aliphatic heterocycles. The van der Waals surface area contributed by atoms with E-state index >= 15 is 0 Å². The van der Waals surface area contributed by atoms with Crippen molar-refractivity contribution in [3.05, 3.63) is 35.4 Å². The number of amides is 1. The van der Waals surface area contributed by atoms with E-state index in [0.717, 1.165) is 5.56 Å². The number of hydrogen-bond acceptors (Lipinski definition) is 2. The zero-order valence-electron chi connectivity index (χ0n) is 15.2. The minimum atomic E-state index is -2.55. The lowest BCUT2D eigenvalue weighted by Gasteiger charge is -2.62. The molecule has 2 aliphatic carbocycles. The number of halogens is 2. The number of benzene rings is 1. The average Bonchev–Trinajstić information content (AvgIpc) is 2.49. The van der Waals surface area contributed by atoms with E-state index in [1.54, 1.807) is 0 Å². The fourth-order valence-corrected chi connectivity index (χ4v) is 4.94. The monoisotopic (exact) mass is 350 g/mol. The zero-order chi connectivity index (χ0) is 18.5. The Morgan fingerprint density at radius 1 is 1.12 bits per heavy atom. The van der Waals surface area contributed by atoms with Gasteiger partial charge < -0.3 is 11.1 Å². The number of nitrogens with two attached hydrogens (primary N) is 1. The van der Waals surface area contributed by atoms with Crippen LogP contribution >= 0.6 is 0 Å². The van der Waals surface area contributed by atoms with Crippen molar-refractivity contribution in [2.45, 2.75) is 64.3 Å². The first kappa shape index (κ1) is 18.3. The van der Waals surface area contributed by atoms with Gasteiger partial charge in [0.25, 0.3) is 0 Å². The van der Waals surface area contributed by atoms with E-state index in [1.165, 1.54) is 5.56 Å². The molecule has 1 atom stereocenters. The van der Waals surface area contributed by atoms with Gasteiger partial charge in [-0.3, -0.25) is 4.79 Å². The van der Waals surface area contributed by atoms with Crippen molar-refractivity contribution < 1.29 is 13.6 Å². The van der Waals surface area contributed by atoms with Gasteiger partial charge in [0.2, 0.25) is 11.8 Å². The van der Waals surface area contributed by atoms with Crippen LogP contribution in [0.15, 0.2) is 24.3 Å². The number of hydrogen-bond donors (Lipinski definition) is 2. The van der Waals surface area contributed by atoms with Crippen molar-refractivity contribution >= 4 is 5.91 Å². The Balaban J connectivity index is 1.68. The molecule has 1 amide bonds. The molecule has 5 heteroatoms. The smallest absolute Gasteiger partial charge is 0.249 e. The quantitative estimate of drug-likeness (QED) is 0.838. The SMILES string of the molecule is CC(C)c1ccccc1C(C)NC(=O)C1(CN)CC2(CC(F)(F)C2)C1. The first-order valence-electron chi connectivity index (χ1n) is 9.10. The Labute approximate surface area is 148 Å². The van der Waals surface area contributed by atoms with E-state index < -0.39 is 11.3 Å². The lowest BCUT2D eigenvalue weighted by atomic mass is 9.44. The van der Waals surface area contributed by atoms with Gasteiger partial charge in [-0.25, -0.2) is 8.78 Å². The minimum Gasteiger partial charge on any atom is -0.349 e. The molecular weight excluding hydrogens is 322 g/mol. The van der Waals surface area contributed by atoms with E-state index in [-0.39, 0.29) is 36.8 Å². The molecule has 0 saturated heterocycles. The lowest BCUT2D eigenvalue weighted by molar-refractivity contribution is -0.228. The Hall–Kier alpha value is -1.49. The maximum atomic E-state index is 13.2. The summed E-state index contributed by atoms with van der Waals surface area (Å²) in [4.78, 5) is 12.9. The third-order valence-electron chi connectivity index (χ3n) is 6.00. The van der Waals surface area contributed by atoms with Crippen LogP contribution in [0.1, 0.15) is 69.5 Å². The maximum absolute atomic E-state index is 13.2. The van der Waals surface area contributed by atoms with Gasteiger partial charge in [0, 0.05) is 19.4 Å². The number of carbonyl (C=O) groups excluding carboxylic acids is 1. The molecule has 0 aromatic heterocycles. The molecule has 138 valence electrons. The molecule has 1 spiro atoms. The molecule has 0 bridgehead atoms. The molecule has 3 N–H and O–H groups in total. The van der Waals surface area contributed by atoms with Crippen LogP contribution in [0, 0.1) is 10.8 Å². The third-order valence-corrected chi connectivity index (χ3v) is 6.00. The van der Waals surface area contributed by atoms with Gasteiger partial charge in [-0.05, 0) is 42.2 Å². The fraction of sp³-hybridized carbons (Fsp3) is 0.650. The number of carbonyl (C=O) groups is 1. The van der Waals surface area contributed by atoms with Crippen LogP contribution in [0.4, 0.5) is 8.78 Å². The van der Waals surface area contributed by atoms with Gasteiger partial charge in [0.05, 0.1) is 11.5 Å². The summed E-state index contributed by atoms with van der Waals surface area (Å²) in [7, 11) is 0. The second-order valence-corrected chi connectivity index (χ2v) is 8.53. The molecule has 3 rings (SSSR count). The maximum Gasteiger partial charge on any atom is 0.249 e. The van der Waals surface area contributed by atoms with E-state index in [4.69, 9.17) is 5.73 Å². The Morgan fingerprint density at radius 3 is 2.16 bits per heavy atom. The first-order valence-corrected chi connectivity index (χ1v) is 9.10. The Morgan fingerprint density at radius 2 is 1.68 bits per heavy atom. The van der Waals surface area contributed by atoms with Gasteiger partial charge in [-0.15, -0.1) is 0 Å². The van der Waals surface area contributed by atoms with E-state index in [0.29, 0.717) is 18.8 Å². The zero-order valence-corrected chi connectivity index (χ0v) is 15.2. The fourth-order valence-electron chi connectivity index (χ4n) is 4.94. The summed E-state index contributed by atoms with van der Waals surface area (Å²) in [5.74, 6) is -2.29. The predicted octanol–water partition coefficient (Wildman–Crippen LogP) is 4.14. The Kier molecular flexibility index (Phi) is 4.43. The van der Waals surface area contributed by atoms with Crippen LogP contribution in [-0.2, 0) is 4.79 Å². The van der Waals surface area contributed by atoms with Crippen molar-refractivity contribution in [1.82, 2.24) is 5.32 Å². The van der Waals surface area contributed by atoms with Crippen molar-refractivity contribution in [2.75, 3.05) is 6.54 Å². The van der Waals surface area contributed by atoms with Gasteiger partial charge >= 0.3 is 0 Å². The van der Waals surface area contributed by atoms with Crippen molar-refractivity contribution in [3.8, 4) is 0 Å². The topological polar surface area (TPSA) is 55.1 Å². The van der Waals surface area contributed by atoms with Crippen molar-refractivity contribution in [1.29, 1.82) is 0 Å². The first-order chi connectivity index (χ1) is 11.6. The van der Waals surface area contributed by atoms with Gasteiger partial charge in [-0.1, -0.05) is 38.1 Å². The molecule has 25 heavy (non-hydrogen) atoms. The van der Waals surface area contributed by atoms with Crippen LogP contribution < -0.4 is 11.1 Å². The molecule has 2 fully saturated rings. The molecule has 1 aromatic rings. The molecule has 2 aliphatic rings. The standard InChI is InChI=1S/C20H28F2N2O/c1-13(2)15-6-4-5-7-16(15)14(3)24-17(25)19(12-23)8-18(9-19)10-20(21,22)11-18/h4-7,13-14H,8-12,23H2,1-3H3,(H,24,25).